The van der Waals surface area contributed by atoms with Crippen LogP contribution in [-0.2, 0) is 19.5 Å². The highest BCUT2D eigenvalue weighted by atomic mass is 35.5. The van der Waals surface area contributed by atoms with Crippen molar-refractivity contribution in [2.45, 2.75) is 26.4 Å². The van der Waals surface area contributed by atoms with E-state index in [4.69, 9.17) is 11.6 Å². The lowest BCUT2D eigenvalue weighted by Crippen LogP contribution is -2.05. The van der Waals surface area contributed by atoms with Gasteiger partial charge in [-0.15, -0.1) is 0 Å². The minimum atomic E-state index is 0.116. The molecule has 2 aromatic rings. The van der Waals surface area contributed by atoms with Gasteiger partial charge in [0.15, 0.2) is 5.78 Å². The van der Waals surface area contributed by atoms with Gasteiger partial charge >= 0.3 is 0 Å². The Morgan fingerprint density at radius 3 is 2.75 bits per heavy atom. The number of benzene rings is 2. The molecular weight excluding hydrogens is 270 g/mol. The smallest absolute Gasteiger partial charge is 0.167 e. The Bertz CT molecular complexity index is 679. The van der Waals surface area contributed by atoms with Gasteiger partial charge in [0.05, 0.1) is 0 Å². The van der Waals surface area contributed by atoms with Crippen LogP contribution in [0.25, 0.3) is 0 Å². The van der Waals surface area contributed by atoms with Crippen molar-refractivity contribution in [2.24, 2.45) is 0 Å². The molecule has 0 unspecified atom stereocenters. The summed E-state index contributed by atoms with van der Waals surface area (Å²) in [6.07, 6.45) is 0.353. The molecule has 0 spiro atoms. The molecule has 0 bridgehead atoms. The van der Waals surface area contributed by atoms with Gasteiger partial charge in [-0.3, -0.25) is 4.79 Å². The van der Waals surface area contributed by atoms with Gasteiger partial charge in [-0.1, -0.05) is 35.9 Å². The predicted octanol–water partition coefficient (Wildman–Crippen LogP) is 3.68. The fourth-order valence-electron chi connectivity index (χ4n) is 2.54. The number of halogens is 1. The molecule has 0 fully saturated rings. The first kappa shape index (κ1) is 13.3. The van der Waals surface area contributed by atoms with E-state index in [2.05, 4.69) is 5.32 Å². The van der Waals surface area contributed by atoms with Crippen LogP contribution in [0.15, 0.2) is 36.4 Å². The number of hydrogen-bond acceptors (Lipinski definition) is 2. The molecule has 0 saturated carbocycles. The molecule has 3 heteroatoms. The SMILES string of the molecule is Cc1ccc(CC(=O)c2ccc3c(c2)CNC3)c(Cl)c1. The number of carbonyl (C=O) groups excluding carboxylic acids is 1. The molecule has 0 aromatic heterocycles. The van der Waals surface area contributed by atoms with Crippen LogP contribution in [0.5, 0.6) is 0 Å². The zero-order chi connectivity index (χ0) is 14.1. The van der Waals surface area contributed by atoms with E-state index in [0.717, 1.165) is 29.8 Å². The minimum absolute atomic E-state index is 0.116. The van der Waals surface area contributed by atoms with Gasteiger partial charge in [0.1, 0.15) is 0 Å². The molecule has 1 heterocycles. The molecule has 0 amide bonds. The fourth-order valence-corrected chi connectivity index (χ4v) is 2.84. The monoisotopic (exact) mass is 285 g/mol. The predicted molar refractivity (Wildman–Crippen MR) is 81.2 cm³/mol. The van der Waals surface area contributed by atoms with Crippen LogP contribution in [0, 0.1) is 6.92 Å². The van der Waals surface area contributed by atoms with Gasteiger partial charge in [-0.2, -0.15) is 0 Å². The Hall–Kier alpha value is -1.64. The van der Waals surface area contributed by atoms with E-state index < -0.39 is 0 Å². The lowest BCUT2D eigenvalue weighted by molar-refractivity contribution is 0.0993. The highest BCUT2D eigenvalue weighted by Crippen LogP contribution is 2.21. The first-order valence-electron chi connectivity index (χ1n) is 6.74. The van der Waals surface area contributed by atoms with Gasteiger partial charge in [0, 0.05) is 30.1 Å². The lowest BCUT2D eigenvalue weighted by atomic mass is 9.99. The summed E-state index contributed by atoms with van der Waals surface area (Å²) in [6.45, 7) is 3.74. The van der Waals surface area contributed by atoms with Crippen molar-refractivity contribution >= 4 is 17.4 Å². The van der Waals surface area contributed by atoms with E-state index in [1.54, 1.807) is 0 Å². The molecule has 2 aromatic carbocycles. The third-order valence-corrected chi connectivity index (χ3v) is 4.07. The van der Waals surface area contributed by atoms with Crippen LogP contribution < -0.4 is 5.32 Å². The van der Waals surface area contributed by atoms with E-state index in [1.165, 1.54) is 11.1 Å². The van der Waals surface area contributed by atoms with Crippen LogP contribution >= 0.6 is 11.6 Å². The zero-order valence-corrected chi connectivity index (χ0v) is 12.1. The molecule has 1 N–H and O–H groups in total. The topological polar surface area (TPSA) is 29.1 Å². The number of fused-ring (bicyclic) bond motifs is 1. The molecule has 0 radical (unpaired) electrons. The van der Waals surface area contributed by atoms with Gasteiger partial charge in [-0.05, 0) is 41.3 Å². The van der Waals surface area contributed by atoms with Crippen molar-refractivity contribution in [3.8, 4) is 0 Å². The summed E-state index contributed by atoms with van der Waals surface area (Å²) in [7, 11) is 0. The maximum absolute atomic E-state index is 12.4. The largest absolute Gasteiger partial charge is 0.309 e. The second kappa shape index (κ2) is 5.39. The maximum atomic E-state index is 12.4. The van der Waals surface area contributed by atoms with Crippen molar-refractivity contribution in [2.75, 3.05) is 0 Å². The Morgan fingerprint density at radius 1 is 1.15 bits per heavy atom. The first-order chi connectivity index (χ1) is 9.63. The molecule has 0 saturated heterocycles. The Balaban J connectivity index is 1.82. The second-order valence-corrected chi connectivity index (χ2v) is 5.69. The standard InChI is InChI=1S/C17H16ClNO/c1-11-2-3-12(16(18)6-11)8-17(20)13-4-5-14-9-19-10-15(14)7-13/h2-7,19H,8-10H2,1H3. The third kappa shape index (κ3) is 2.62. The molecule has 0 aliphatic carbocycles. The van der Waals surface area contributed by atoms with E-state index in [9.17, 15) is 4.79 Å². The van der Waals surface area contributed by atoms with Crippen LogP contribution in [0.1, 0.15) is 32.6 Å². The number of Topliss-reactive ketones (excluding diaryl/α,β-unsaturated/α-hetero) is 1. The molecule has 0 atom stereocenters. The summed E-state index contributed by atoms with van der Waals surface area (Å²) in [4.78, 5) is 12.4. The summed E-state index contributed by atoms with van der Waals surface area (Å²) in [6, 6.07) is 11.8. The molecule has 20 heavy (non-hydrogen) atoms. The van der Waals surface area contributed by atoms with Gasteiger partial charge in [0.2, 0.25) is 0 Å². The zero-order valence-electron chi connectivity index (χ0n) is 11.4. The Morgan fingerprint density at radius 2 is 1.95 bits per heavy atom. The highest BCUT2D eigenvalue weighted by Gasteiger charge is 2.14. The lowest BCUT2D eigenvalue weighted by Gasteiger charge is -2.06. The average Bonchev–Trinajstić information content (AvgIpc) is 2.89. The number of ketones is 1. The third-order valence-electron chi connectivity index (χ3n) is 3.72. The molecule has 1 aliphatic heterocycles. The quantitative estimate of drug-likeness (QED) is 0.872. The van der Waals surface area contributed by atoms with Crippen molar-refractivity contribution in [3.05, 3.63) is 69.2 Å². The molecule has 1 aliphatic rings. The molecular formula is C17H16ClNO. The van der Waals surface area contributed by atoms with E-state index in [0.29, 0.717) is 11.4 Å². The summed E-state index contributed by atoms with van der Waals surface area (Å²) < 4.78 is 0. The molecule has 2 nitrogen and oxygen atoms in total. The van der Waals surface area contributed by atoms with Gasteiger partial charge in [-0.25, -0.2) is 0 Å². The number of carbonyl (C=O) groups is 1. The van der Waals surface area contributed by atoms with Crippen molar-refractivity contribution < 1.29 is 4.79 Å². The van der Waals surface area contributed by atoms with Crippen molar-refractivity contribution in [3.63, 3.8) is 0 Å². The summed E-state index contributed by atoms with van der Waals surface area (Å²) in [5.74, 6) is 0.116. The van der Waals surface area contributed by atoms with E-state index in [1.807, 2.05) is 43.3 Å². The van der Waals surface area contributed by atoms with Crippen LogP contribution in [0.4, 0.5) is 0 Å². The van der Waals surface area contributed by atoms with Gasteiger partial charge in [0.25, 0.3) is 0 Å². The normalized spacial score (nSPS) is 13.3. The minimum Gasteiger partial charge on any atom is -0.309 e. The summed E-state index contributed by atoms with van der Waals surface area (Å²) in [5.41, 5.74) is 5.28. The number of nitrogens with one attached hydrogen (secondary N) is 1. The van der Waals surface area contributed by atoms with Crippen molar-refractivity contribution in [1.29, 1.82) is 0 Å². The van der Waals surface area contributed by atoms with E-state index >= 15 is 0 Å². The van der Waals surface area contributed by atoms with E-state index in [-0.39, 0.29) is 5.78 Å². The maximum Gasteiger partial charge on any atom is 0.167 e. The Kier molecular flexibility index (Phi) is 3.60. The Labute approximate surface area is 123 Å². The highest BCUT2D eigenvalue weighted by molar-refractivity contribution is 6.31. The molecule has 3 rings (SSSR count). The van der Waals surface area contributed by atoms with Gasteiger partial charge < -0.3 is 5.32 Å². The summed E-state index contributed by atoms with van der Waals surface area (Å²) >= 11 is 6.19. The summed E-state index contributed by atoms with van der Waals surface area (Å²) in [5, 5.41) is 3.95. The average molecular weight is 286 g/mol. The van der Waals surface area contributed by atoms with Crippen LogP contribution in [0.3, 0.4) is 0 Å². The number of rotatable bonds is 3. The molecule has 102 valence electrons. The number of hydrogen-bond donors (Lipinski definition) is 1. The number of aryl methyl sites for hydroxylation is 1. The second-order valence-electron chi connectivity index (χ2n) is 5.28. The van der Waals surface area contributed by atoms with Crippen LogP contribution in [-0.4, -0.2) is 5.78 Å². The fraction of sp³-hybridized carbons (Fsp3) is 0.235. The first-order valence-corrected chi connectivity index (χ1v) is 7.12. The van der Waals surface area contributed by atoms with Crippen LogP contribution in [0.2, 0.25) is 5.02 Å². The van der Waals surface area contributed by atoms with Crippen molar-refractivity contribution in [1.82, 2.24) is 5.32 Å².